The van der Waals surface area contributed by atoms with Gasteiger partial charge in [-0.25, -0.2) is 4.79 Å². The summed E-state index contributed by atoms with van der Waals surface area (Å²) < 4.78 is 4.72. The second-order valence-electron chi connectivity index (χ2n) is 5.54. The summed E-state index contributed by atoms with van der Waals surface area (Å²) in [5, 5.41) is 5.16. The zero-order valence-corrected chi connectivity index (χ0v) is 14.3. The number of nitrogens with one attached hydrogen (secondary N) is 2. The molecule has 6 nitrogen and oxygen atoms in total. The van der Waals surface area contributed by atoms with E-state index in [-0.39, 0.29) is 12.5 Å². The second kappa shape index (κ2) is 11.2. The topological polar surface area (TPSA) is 84.5 Å². The van der Waals surface area contributed by atoms with Gasteiger partial charge in [-0.2, -0.15) is 0 Å². The number of carbonyl (C=O) groups is 3. The monoisotopic (exact) mass is 334 g/mol. The van der Waals surface area contributed by atoms with Crippen molar-refractivity contribution in [3.63, 3.8) is 0 Å². The number of amides is 2. The predicted molar refractivity (Wildman–Crippen MR) is 91.5 cm³/mol. The molecule has 2 amide bonds. The third-order valence-corrected chi connectivity index (χ3v) is 3.61. The number of hydrogen-bond donors (Lipinski definition) is 2. The Balaban J connectivity index is 2.43. The summed E-state index contributed by atoms with van der Waals surface area (Å²) in [6, 6.07) is 7.96. The molecule has 132 valence electrons. The number of hydrogen-bond acceptors (Lipinski definition) is 4. The number of carbonyl (C=O) groups excluding carboxylic acids is 3. The van der Waals surface area contributed by atoms with Crippen LogP contribution in [0.15, 0.2) is 30.3 Å². The van der Waals surface area contributed by atoms with E-state index < -0.39 is 17.9 Å². The third-order valence-electron chi connectivity index (χ3n) is 3.61. The summed E-state index contributed by atoms with van der Waals surface area (Å²) in [7, 11) is 1.30. The molecule has 24 heavy (non-hydrogen) atoms. The first-order valence-corrected chi connectivity index (χ1v) is 8.29. The van der Waals surface area contributed by atoms with E-state index in [2.05, 4.69) is 17.6 Å². The average Bonchev–Trinajstić information content (AvgIpc) is 2.62. The van der Waals surface area contributed by atoms with Crippen molar-refractivity contribution in [2.24, 2.45) is 0 Å². The van der Waals surface area contributed by atoms with Gasteiger partial charge in [0.05, 0.1) is 13.7 Å². The number of methoxy groups -OCH3 is 1. The van der Waals surface area contributed by atoms with Crippen LogP contribution < -0.4 is 10.6 Å². The minimum absolute atomic E-state index is 0.184. The van der Waals surface area contributed by atoms with Crippen LogP contribution in [-0.4, -0.2) is 37.5 Å². The van der Waals surface area contributed by atoms with Crippen LogP contribution in [0.2, 0.25) is 0 Å². The van der Waals surface area contributed by atoms with Gasteiger partial charge in [0.15, 0.2) is 0 Å². The SMILES string of the molecule is CCCCCC[C@@H](NC(=O)CNC(=O)c1ccccc1)C(=O)OC. The molecule has 0 unspecified atom stereocenters. The van der Waals surface area contributed by atoms with Gasteiger partial charge in [0.25, 0.3) is 5.91 Å². The molecule has 0 saturated heterocycles. The van der Waals surface area contributed by atoms with E-state index in [4.69, 9.17) is 4.74 Å². The first kappa shape index (κ1) is 19.7. The molecule has 0 aliphatic carbocycles. The summed E-state index contributed by atoms with van der Waals surface area (Å²) in [6.07, 6.45) is 4.57. The third kappa shape index (κ3) is 7.26. The largest absolute Gasteiger partial charge is 0.467 e. The Kier molecular flexibility index (Phi) is 9.19. The highest BCUT2D eigenvalue weighted by molar-refractivity contribution is 5.96. The summed E-state index contributed by atoms with van der Waals surface area (Å²) >= 11 is 0. The van der Waals surface area contributed by atoms with Gasteiger partial charge in [0, 0.05) is 5.56 Å². The van der Waals surface area contributed by atoms with Crippen LogP contribution in [0.4, 0.5) is 0 Å². The van der Waals surface area contributed by atoms with Crippen LogP contribution >= 0.6 is 0 Å². The lowest BCUT2D eigenvalue weighted by Crippen LogP contribution is -2.46. The molecule has 1 aromatic rings. The van der Waals surface area contributed by atoms with Gasteiger partial charge in [-0.05, 0) is 18.6 Å². The quantitative estimate of drug-likeness (QED) is 0.506. The maximum atomic E-state index is 12.0. The summed E-state index contributed by atoms with van der Waals surface area (Å²) in [4.78, 5) is 35.6. The van der Waals surface area contributed by atoms with Gasteiger partial charge in [0.2, 0.25) is 5.91 Å². The van der Waals surface area contributed by atoms with Crippen LogP contribution in [0.1, 0.15) is 49.4 Å². The van der Waals surface area contributed by atoms with Crippen molar-refractivity contribution in [3.05, 3.63) is 35.9 Å². The van der Waals surface area contributed by atoms with Gasteiger partial charge in [-0.15, -0.1) is 0 Å². The van der Waals surface area contributed by atoms with E-state index in [0.29, 0.717) is 12.0 Å². The van der Waals surface area contributed by atoms with Crippen LogP contribution in [0, 0.1) is 0 Å². The van der Waals surface area contributed by atoms with Crippen LogP contribution in [0.5, 0.6) is 0 Å². The maximum absolute atomic E-state index is 12.0. The Morgan fingerprint density at radius 1 is 1.08 bits per heavy atom. The average molecular weight is 334 g/mol. The molecular formula is C18H26N2O4. The number of ether oxygens (including phenoxy) is 1. The summed E-state index contributed by atoms with van der Waals surface area (Å²) in [5.41, 5.74) is 0.481. The highest BCUT2D eigenvalue weighted by Gasteiger charge is 2.21. The molecule has 0 radical (unpaired) electrons. The zero-order valence-electron chi connectivity index (χ0n) is 14.3. The predicted octanol–water partition coefficient (Wildman–Crippen LogP) is 2.04. The van der Waals surface area contributed by atoms with Crippen molar-refractivity contribution in [2.45, 2.75) is 45.1 Å². The van der Waals surface area contributed by atoms with E-state index in [9.17, 15) is 14.4 Å². The first-order chi connectivity index (χ1) is 11.6. The van der Waals surface area contributed by atoms with E-state index in [1.165, 1.54) is 7.11 Å². The summed E-state index contributed by atoms with van der Waals surface area (Å²) in [5.74, 6) is -1.21. The van der Waals surface area contributed by atoms with Gasteiger partial charge < -0.3 is 15.4 Å². The number of rotatable bonds is 10. The van der Waals surface area contributed by atoms with E-state index in [1.54, 1.807) is 24.3 Å². The molecule has 0 fully saturated rings. The molecular weight excluding hydrogens is 308 g/mol. The van der Waals surface area contributed by atoms with E-state index in [0.717, 1.165) is 25.7 Å². The molecule has 2 N–H and O–H groups in total. The van der Waals surface area contributed by atoms with Crippen molar-refractivity contribution in [1.29, 1.82) is 0 Å². The van der Waals surface area contributed by atoms with Gasteiger partial charge in [0.1, 0.15) is 6.04 Å². The molecule has 1 aromatic carbocycles. The smallest absolute Gasteiger partial charge is 0.328 e. The lowest BCUT2D eigenvalue weighted by atomic mass is 10.1. The number of benzene rings is 1. The van der Waals surface area contributed by atoms with Crippen LogP contribution in [0.25, 0.3) is 0 Å². The van der Waals surface area contributed by atoms with Crippen LogP contribution in [0.3, 0.4) is 0 Å². The molecule has 0 aliphatic rings. The Morgan fingerprint density at radius 3 is 2.42 bits per heavy atom. The molecule has 0 bridgehead atoms. The Bertz CT molecular complexity index is 531. The molecule has 0 aliphatic heterocycles. The molecule has 0 saturated carbocycles. The number of esters is 1. The van der Waals surface area contributed by atoms with Crippen molar-refractivity contribution in [3.8, 4) is 0 Å². The van der Waals surface area contributed by atoms with Crippen molar-refractivity contribution in [1.82, 2.24) is 10.6 Å². The first-order valence-electron chi connectivity index (χ1n) is 8.29. The maximum Gasteiger partial charge on any atom is 0.328 e. The van der Waals surface area contributed by atoms with Crippen molar-refractivity contribution < 1.29 is 19.1 Å². The molecule has 6 heteroatoms. The van der Waals surface area contributed by atoms with Gasteiger partial charge >= 0.3 is 5.97 Å². The lowest BCUT2D eigenvalue weighted by Gasteiger charge is -2.16. The highest BCUT2D eigenvalue weighted by atomic mass is 16.5. The molecule has 0 spiro atoms. The fourth-order valence-electron chi connectivity index (χ4n) is 2.26. The van der Waals surface area contributed by atoms with Crippen LogP contribution in [-0.2, 0) is 14.3 Å². The van der Waals surface area contributed by atoms with Crippen molar-refractivity contribution in [2.75, 3.05) is 13.7 Å². The zero-order chi connectivity index (χ0) is 17.8. The fraction of sp³-hybridized carbons (Fsp3) is 0.500. The fourth-order valence-corrected chi connectivity index (χ4v) is 2.26. The Hall–Kier alpha value is -2.37. The lowest BCUT2D eigenvalue weighted by molar-refractivity contribution is -0.145. The number of unbranched alkanes of at least 4 members (excludes halogenated alkanes) is 3. The van der Waals surface area contributed by atoms with Gasteiger partial charge in [-0.3, -0.25) is 9.59 Å². The second-order valence-corrected chi connectivity index (χ2v) is 5.54. The van der Waals surface area contributed by atoms with Gasteiger partial charge in [-0.1, -0.05) is 50.8 Å². The minimum Gasteiger partial charge on any atom is -0.467 e. The Morgan fingerprint density at radius 2 is 1.79 bits per heavy atom. The normalized spacial score (nSPS) is 11.4. The minimum atomic E-state index is -0.673. The molecule has 0 heterocycles. The molecule has 1 atom stereocenters. The highest BCUT2D eigenvalue weighted by Crippen LogP contribution is 2.07. The van der Waals surface area contributed by atoms with E-state index >= 15 is 0 Å². The Labute approximate surface area is 143 Å². The standard InChI is InChI=1S/C18H26N2O4/c1-3-4-5-9-12-15(18(23)24-2)20-16(21)13-19-17(22)14-10-7-6-8-11-14/h6-8,10-11,15H,3-5,9,12-13H2,1-2H3,(H,19,22)(H,20,21)/t15-/m1/s1. The van der Waals surface area contributed by atoms with Crippen molar-refractivity contribution >= 4 is 17.8 Å². The van der Waals surface area contributed by atoms with E-state index in [1.807, 2.05) is 6.07 Å². The summed E-state index contributed by atoms with van der Waals surface area (Å²) in [6.45, 7) is 1.92. The molecule has 0 aromatic heterocycles. The molecule has 1 rings (SSSR count).